The van der Waals surface area contributed by atoms with Crippen LogP contribution < -0.4 is 5.32 Å². The van der Waals surface area contributed by atoms with Crippen molar-refractivity contribution < 1.29 is 9.90 Å². The van der Waals surface area contributed by atoms with Crippen LogP contribution in [0.5, 0.6) is 0 Å². The number of anilines is 2. The predicted molar refractivity (Wildman–Crippen MR) is 140 cm³/mol. The number of benzene rings is 2. The van der Waals surface area contributed by atoms with Gasteiger partial charge in [-0.25, -0.2) is 9.97 Å². The van der Waals surface area contributed by atoms with Crippen LogP contribution in [0.25, 0.3) is 31.6 Å². The first-order valence-electron chi connectivity index (χ1n) is 11.8. The lowest BCUT2D eigenvalue weighted by Gasteiger charge is -2.30. The maximum atomic E-state index is 11.2. The van der Waals surface area contributed by atoms with Crippen molar-refractivity contribution in [1.29, 1.82) is 0 Å². The molecule has 7 nitrogen and oxygen atoms in total. The van der Waals surface area contributed by atoms with E-state index in [4.69, 9.17) is 0 Å². The van der Waals surface area contributed by atoms with E-state index in [-0.39, 0.29) is 5.92 Å². The van der Waals surface area contributed by atoms with Crippen molar-refractivity contribution in [1.82, 2.24) is 19.9 Å². The highest BCUT2D eigenvalue weighted by atomic mass is 32.1. The van der Waals surface area contributed by atoms with Crippen LogP contribution in [0, 0.1) is 5.92 Å². The van der Waals surface area contributed by atoms with Gasteiger partial charge in [0.15, 0.2) is 5.82 Å². The molecule has 0 amide bonds. The number of carbonyl (C=O) groups is 1. The number of piperidine rings is 1. The Kier molecular flexibility index (Phi) is 5.67. The van der Waals surface area contributed by atoms with Crippen molar-refractivity contribution >= 4 is 49.9 Å². The van der Waals surface area contributed by atoms with Gasteiger partial charge >= 0.3 is 5.97 Å². The smallest absolute Gasteiger partial charge is 0.306 e. The van der Waals surface area contributed by atoms with Crippen LogP contribution in [0.15, 0.2) is 67.1 Å². The lowest BCUT2D eigenvalue weighted by Crippen LogP contribution is -2.35. The molecule has 1 aliphatic rings. The average molecular weight is 484 g/mol. The number of carboxylic acid groups (broad SMARTS) is 1. The Balaban J connectivity index is 1.19. The number of aliphatic carboxylic acids is 1. The molecular weight excluding hydrogens is 458 g/mol. The Morgan fingerprint density at radius 2 is 1.91 bits per heavy atom. The first kappa shape index (κ1) is 21.8. The second kappa shape index (κ2) is 9.13. The van der Waals surface area contributed by atoms with Gasteiger partial charge in [-0.3, -0.25) is 9.69 Å². The van der Waals surface area contributed by atoms with Crippen molar-refractivity contribution in [3.63, 3.8) is 0 Å². The van der Waals surface area contributed by atoms with E-state index in [9.17, 15) is 9.90 Å². The quantitative estimate of drug-likeness (QED) is 0.279. The fraction of sp³-hybridized carbons (Fsp3) is 0.222. The number of fused-ring (bicyclic) bond motifs is 2. The molecule has 35 heavy (non-hydrogen) atoms. The van der Waals surface area contributed by atoms with E-state index in [0.29, 0.717) is 0 Å². The minimum Gasteiger partial charge on any atom is -0.481 e. The summed E-state index contributed by atoms with van der Waals surface area (Å²) in [5, 5.41) is 13.8. The van der Waals surface area contributed by atoms with Crippen LogP contribution in [-0.4, -0.2) is 44.0 Å². The zero-order chi connectivity index (χ0) is 23.8. The highest BCUT2D eigenvalue weighted by molar-refractivity contribution is 7.22. The number of thiophene rings is 1. The van der Waals surface area contributed by atoms with E-state index < -0.39 is 5.97 Å². The molecule has 1 saturated heterocycles. The van der Waals surface area contributed by atoms with E-state index in [0.717, 1.165) is 75.5 Å². The average Bonchev–Trinajstić information content (AvgIpc) is 3.52. The number of carboxylic acids is 1. The summed E-state index contributed by atoms with van der Waals surface area (Å²) in [6, 6.07) is 19.0. The van der Waals surface area contributed by atoms with Gasteiger partial charge < -0.3 is 15.4 Å². The van der Waals surface area contributed by atoms with E-state index >= 15 is 0 Å². The molecule has 1 aliphatic heterocycles. The molecule has 0 unspecified atom stereocenters. The summed E-state index contributed by atoms with van der Waals surface area (Å²) in [6.07, 6.45) is 5.00. The van der Waals surface area contributed by atoms with Crippen LogP contribution in [0.3, 0.4) is 0 Å². The third-order valence-electron chi connectivity index (χ3n) is 6.71. The van der Waals surface area contributed by atoms with Crippen LogP contribution in [0.2, 0.25) is 0 Å². The number of aromatic amines is 1. The Hall–Kier alpha value is -3.75. The molecule has 8 heteroatoms. The van der Waals surface area contributed by atoms with Gasteiger partial charge in [0.25, 0.3) is 0 Å². The zero-order valence-corrected chi connectivity index (χ0v) is 19.9. The Morgan fingerprint density at radius 3 is 2.71 bits per heavy atom. The monoisotopic (exact) mass is 483 g/mol. The van der Waals surface area contributed by atoms with E-state index in [1.165, 1.54) is 5.56 Å². The number of nitrogens with zero attached hydrogens (tertiary/aromatic N) is 3. The fourth-order valence-electron chi connectivity index (χ4n) is 4.72. The molecule has 6 rings (SSSR count). The molecule has 2 aromatic carbocycles. The molecule has 3 N–H and O–H groups in total. The van der Waals surface area contributed by atoms with Crippen molar-refractivity contribution in [3.8, 4) is 10.4 Å². The van der Waals surface area contributed by atoms with Crippen LogP contribution in [-0.2, 0) is 11.3 Å². The second-order valence-electron chi connectivity index (χ2n) is 9.04. The summed E-state index contributed by atoms with van der Waals surface area (Å²) in [4.78, 5) is 26.9. The van der Waals surface area contributed by atoms with Gasteiger partial charge in [0.2, 0.25) is 0 Å². The number of aromatic nitrogens is 3. The molecule has 176 valence electrons. The third-order valence-corrected chi connectivity index (χ3v) is 7.89. The SMILES string of the molecule is O=C(O)C1CCN(Cc2ccc(-c3cc4ncnc(Nc5ccc6[nH]ccc6c5)c4s3)cc2)CC1. The molecule has 0 atom stereocenters. The summed E-state index contributed by atoms with van der Waals surface area (Å²) in [5.41, 5.74) is 5.42. The van der Waals surface area contributed by atoms with Gasteiger partial charge in [0, 0.05) is 34.2 Å². The van der Waals surface area contributed by atoms with Crippen LogP contribution >= 0.6 is 11.3 Å². The first-order chi connectivity index (χ1) is 17.1. The normalized spacial score (nSPS) is 15.1. The number of rotatable bonds is 6. The van der Waals surface area contributed by atoms with Crippen LogP contribution in [0.1, 0.15) is 18.4 Å². The first-order valence-corrected chi connectivity index (χ1v) is 12.6. The maximum Gasteiger partial charge on any atom is 0.306 e. The molecule has 0 aliphatic carbocycles. The van der Waals surface area contributed by atoms with Gasteiger partial charge in [0.1, 0.15) is 6.33 Å². The van der Waals surface area contributed by atoms with Crippen molar-refractivity contribution in [2.24, 2.45) is 5.92 Å². The van der Waals surface area contributed by atoms with Gasteiger partial charge in [-0.1, -0.05) is 24.3 Å². The Bertz CT molecular complexity index is 1500. The molecule has 4 heterocycles. The molecule has 5 aromatic rings. The summed E-state index contributed by atoms with van der Waals surface area (Å²) in [7, 11) is 0. The van der Waals surface area contributed by atoms with E-state index in [2.05, 4.69) is 73.7 Å². The summed E-state index contributed by atoms with van der Waals surface area (Å²) >= 11 is 1.69. The van der Waals surface area contributed by atoms with Crippen LogP contribution in [0.4, 0.5) is 11.5 Å². The van der Waals surface area contributed by atoms with E-state index in [1.54, 1.807) is 17.7 Å². The lowest BCUT2D eigenvalue weighted by molar-refractivity contribution is -0.143. The standard InChI is InChI=1S/C27H25N5O2S/c33-27(34)19-8-11-32(12-9-19)15-17-1-3-18(4-2-17)24-14-23-25(35-24)26(30-16-29-23)31-21-5-6-22-20(13-21)7-10-28-22/h1-7,10,13-14,16,19,28H,8-9,11-12,15H2,(H,33,34)(H,29,30,31). The number of hydrogen-bond acceptors (Lipinski definition) is 6. The largest absolute Gasteiger partial charge is 0.481 e. The summed E-state index contributed by atoms with van der Waals surface area (Å²) < 4.78 is 1.03. The van der Waals surface area contributed by atoms with Gasteiger partial charge in [0.05, 0.1) is 16.1 Å². The summed E-state index contributed by atoms with van der Waals surface area (Å²) in [5.74, 6) is -0.0507. The molecule has 0 radical (unpaired) electrons. The van der Waals surface area contributed by atoms with E-state index in [1.807, 2.05) is 12.3 Å². The number of nitrogens with one attached hydrogen (secondary N) is 2. The predicted octanol–water partition coefficient (Wildman–Crippen LogP) is 5.88. The fourth-order valence-corrected chi connectivity index (χ4v) is 5.79. The highest BCUT2D eigenvalue weighted by Gasteiger charge is 2.24. The molecule has 1 fully saturated rings. The Morgan fingerprint density at radius 1 is 1.09 bits per heavy atom. The van der Waals surface area contributed by atoms with Gasteiger partial charge in [-0.15, -0.1) is 11.3 Å². The minimum atomic E-state index is -0.665. The molecule has 0 spiro atoms. The number of hydrogen-bond donors (Lipinski definition) is 3. The topological polar surface area (TPSA) is 94.1 Å². The van der Waals surface area contributed by atoms with Gasteiger partial charge in [-0.05, 0) is 67.4 Å². The minimum absolute atomic E-state index is 0.194. The maximum absolute atomic E-state index is 11.2. The number of likely N-dealkylation sites (tertiary alicyclic amines) is 1. The summed E-state index contributed by atoms with van der Waals surface area (Å²) in [6.45, 7) is 2.52. The third kappa shape index (κ3) is 4.50. The molecule has 3 aromatic heterocycles. The molecular formula is C27H25N5O2S. The van der Waals surface area contributed by atoms with Crippen molar-refractivity contribution in [2.75, 3.05) is 18.4 Å². The number of H-pyrrole nitrogens is 1. The van der Waals surface area contributed by atoms with Gasteiger partial charge in [-0.2, -0.15) is 0 Å². The molecule has 0 saturated carbocycles. The van der Waals surface area contributed by atoms with Crippen molar-refractivity contribution in [2.45, 2.75) is 19.4 Å². The zero-order valence-electron chi connectivity index (χ0n) is 19.1. The molecule has 0 bridgehead atoms. The highest BCUT2D eigenvalue weighted by Crippen LogP contribution is 2.37. The van der Waals surface area contributed by atoms with Crippen molar-refractivity contribution in [3.05, 3.63) is 72.7 Å². The second-order valence-corrected chi connectivity index (χ2v) is 10.1. The Labute approximate surface area is 206 Å². The lowest BCUT2D eigenvalue weighted by atomic mass is 9.97.